The van der Waals surface area contributed by atoms with Crippen LogP contribution in [0.1, 0.15) is 21.4 Å². The fraction of sp³-hybridized carbons (Fsp3) is 0.167. The molecule has 1 aromatic heterocycles. The number of hydrogen-bond donors (Lipinski definition) is 0. The van der Waals surface area contributed by atoms with Gasteiger partial charge in [-0.2, -0.15) is 0 Å². The lowest BCUT2D eigenvalue weighted by Gasteiger charge is -2.11. The third-order valence-electron chi connectivity index (χ3n) is 2.41. The van der Waals surface area contributed by atoms with Crippen molar-refractivity contribution in [3.8, 4) is 0 Å². The predicted molar refractivity (Wildman–Crippen MR) is 80.9 cm³/mol. The molecule has 0 saturated heterocycles. The summed E-state index contributed by atoms with van der Waals surface area (Å²) in [5.41, 5.74) is 1.94. The number of alkyl halides is 1. The van der Waals surface area contributed by atoms with E-state index in [4.69, 9.17) is 34.8 Å². The maximum atomic E-state index is 6.44. The first-order valence-electron chi connectivity index (χ1n) is 4.84. The summed E-state index contributed by atoms with van der Waals surface area (Å²) >= 11 is 23.6. The first-order valence-corrected chi connectivity index (χ1v) is 7.64. The first-order chi connectivity index (χ1) is 8.00. The van der Waals surface area contributed by atoms with E-state index in [9.17, 15) is 0 Å². The van der Waals surface area contributed by atoms with E-state index < -0.39 is 0 Å². The van der Waals surface area contributed by atoms with Gasteiger partial charge in [-0.1, -0.05) is 41.4 Å². The summed E-state index contributed by atoms with van der Waals surface area (Å²) < 4.78 is 0.892. The standard InChI is InChI=1S/C12H8BrCl3S/c1-6-3-2-4-7(10(6)15)11(16)9-5-8(14)12(13)17-9/h2-5,11H,1H3. The van der Waals surface area contributed by atoms with Gasteiger partial charge in [-0.3, -0.25) is 0 Å². The van der Waals surface area contributed by atoms with Crippen LogP contribution in [-0.2, 0) is 0 Å². The molecule has 5 heteroatoms. The van der Waals surface area contributed by atoms with Crippen molar-refractivity contribution < 1.29 is 0 Å². The third kappa shape index (κ3) is 2.82. The van der Waals surface area contributed by atoms with Crippen LogP contribution >= 0.6 is 62.1 Å². The second-order valence-corrected chi connectivity index (χ2v) is 7.23. The van der Waals surface area contributed by atoms with Gasteiger partial charge in [-0.05, 0) is 40.0 Å². The molecule has 1 heterocycles. The minimum Gasteiger partial charge on any atom is -0.130 e. The van der Waals surface area contributed by atoms with Gasteiger partial charge in [0.1, 0.15) is 0 Å². The zero-order chi connectivity index (χ0) is 12.6. The minimum atomic E-state index is -0.267. The lowest BCUT2D eigenvalue weighted by Crippen LogP contribution is -1.92. The topological polar surface area (TPSA) is 0 Å². The number of aryl methyl sites for hydroxylation is 1. The molecule has 0 aliphatic rings. The maximum absolute atomic E-state index is 6.44. The van der Waals surface area contributed by atoms with Crippen LogP contribution in [0.4, 0.5) is 0 Å². The van der Waals surface area contributed by atoms with Crippen molar-refractivity contribution in [3.63, 3.8) is 0 Å². The molecule has 2 rings (SSSR count). The van der Waals surface area contributed by atoms with Gasteiger partial charge in [0, 0.05) is 9.90 Å². The van der Waals surface area contributed by atoms with Gasteiger partial charge in [0.25, 0.3) is 0 Å². The molecule has 1 unspecified atom stereocenters. The summed E-state index contributed by atoms with van der Waals surface area (Å²) in [6.07, 6.45) is 0. The van der Waals surface area contributed by atoms with Gasteiger partial charge >= 0.3 is 0 Å². The smallest absolute Gasteiger partial charge is 0.0943 e. The molecule has 0 aliphatic carbocycles. The summed E-state index contributed by atoms with van der Waals surface area (Å²) in [4.78, 5) is 0.982. The number of rotatable bonds is 2. The van der Waals surface area contributed by atoms with Crippen molar-refractivity contribution in [1.82, 2.24) is 0 Å². The molecule has 1 atom stereocenters. The second-order valence-electron chi connectivity index (χ2n) is 3.61. The average molecular weight is 371 g/mol. The summed E-state index contributed by atoms with van der Waals surface area (Å²) in [6.45, 7) is 1.97. The summed E-state index contributed by atoms with van der Waals surface area (Å²) in [7, 11) is 0. The highest BCUT2D eigenvalue weighted by Gasteiger charge is 2.18. The highest BCUT2D eigenvalue weighted by Crippen LogP contribution is 2.42. The van der Waals surface area contributed by atoms with E-state index in [0.717, 1.165) is 19.8 Å². The zero-order valence-electron chi connectivity index (χ0n) is 8.81. The monoisotopic (exact) mass is 368 g/mol. The van der Waals surface area contributed by atoms with Gasteiger partial charge in [0.15, 0.2) is 0 Å². The van der Waals surface area contributed by atoms with Crippen LogP contribution in [0.5, 0.6) is 0 Å². The van der Waals surface area contributed by atoms with E-state index in [0.29, 0.717) is 10.0 Å². The van der Waals surface area contributed by atoms with E-state index in [1.807, 2.05) is 31.2 Å². The van der Waals surface area contributed by atoms with Gasteiger partial charge in [0.2, 0.25) is 0 Å². The van der Waals surface area contributed by atoms with Crippen LogP contribution in [0.2, 0.25) is 10.0 Å². The van der Waals surface area contributed by atoms with Crippen LogP contribution in [0.15, 0.2) is 28.1 Å². The highest BCUT2D eigenvalue weighted by molar-refractivity contribution is 9.11. The lowest BCUT2D eigenvalue weighted by molar-refractivity contribution is 1.17. The van der Waals surface area contributed by atoms with Gasteiger partial charge in [0.05, 0.1) is 14.2 Å². The molecule has 0 radical (unpaired) electrons. The molecular formula is C12H8BrCl3S. The molecule has 0 aliphatic heterocycles. The largest absolute Gasteiger partial charge is 0.130 e. The Bertz CT molecular complexity index is 531. The first kappa shape index (κ1) is 13.7. The minimum absolute atomic E-state index is 0.267. The fourth-order valence-corrected chi connectivity index (χ4v) is 3.92. The third-order valence-corrected chi connectivity index (χ3v) is 6.06. The quantitative estimate of drug-likeness (QED) is 0.533. The van der Waals surface area contributed by atoms with Crippen molar-refractivity contribution in [2.24, 2.45) is 0 Å². The molecule has 0 amide bonds. The second kappa shape index (κ2) is 5.50. The normalized spacial score (nSPS) is 12.8. The molecule has 1 aromatic carbocycles. The SMILES string of the molecule is Cc1cccc(C(Cl)c2cc(Cl)c(Br)s2)c1Cl. The number of halogens is 4. The van der Waals surface area contributed by atoms with Crippen molar-refractivity contribution >= 4 is 62.1 Å². The Kier molecular flexibility index (Phi) is 4.43. The molecule has 17 heavy (non-hydrogen) atoms. The number of thiophene rings is 1. The molecule has 90 valence electrons. The van der Waals surface area contributed by atoms with Crippen molar-refractivity contribution in [3.05, 3.63) is 54.1 Å². The molecule has 0 nitrogen and oxygen atoms in total. The zero-order valence-corrected chi connectivity index (χ0v) is 13.5. The lowest BCUT2D eigenvalue weighted by atomic mass is 10.1. The Balaban J connectivity index is 2.43. The van der Waals surface area contributed by atoms with Crippen LogP contribution in [0.3, 0.4) is 0 Å². The van der Waals surface area contributed by atoms with Crippen molar-refractivity contribution in [1.29, 1.82) is 0 Å². The van der Waals surface area contributed by atoms with E-state index in [1.54, 1.807) is 0 Å². The Hall–Kier alpha value is 0.270. The summed E-state index contributed by atoms with van der Waals surface area (Å²) in [5.74, 6) is 0. The highest BCUT2D eigenvalue weighted by atomic mass is 79.9. The summed E-state index contributed by atoms with van der Waals surface area (Å²) in [6, 6.07) is 7.73. The molecular weight excluding hydrogens is 362 g/mol. The van der Waals surface area contributed by atoms with E-state index in [-0.39, 0.29) is 5.38 Å². The Morgan fingerprint density at radius 2 is 2.00 bits per heavy atom. The van der Waals surface area contributed by atoms with Gasteiger partial charge < -0.3 is 0 Å². The molecule has 0 N–H and O–H groups in total. The number of benzene rings is 1. The van der Waals surface area contributed by atoms with Crippen LogP contribution in [0.25, 0.3) is 0 Å². The molecule has 2 aromatic rings. The average Bonchev–Trinajstić information content (AvgIpc) is 2.62. The number of hydrogen-bond acceptors (Lipinski definition) is 1. The maximum Gasteiger partial charge on any atom is 0.0943 e. The Morgan fingerprint density at radius 3 is 2.59 bits per heavy atom. The Labute approximate surface area is 128 Å². The molecule has 0 fully saturated rings. The van der Waals surface area contributed by atoms with Crippen LogP contribution in [0, 0.1) is 6.92 Å². The predicted octanol–water partition coefficient (Wildman–Crippen LogP) is 6.45. The fourth-order valence-electron chi connectivity index (χ4n) is 1.51. The summed E-state index contributed by atoms with van der Waals surface area (Å²) in [5, 5.41) is 1.13. The Morgan fingerprint density at radius 1 is 1.29 bits per heavy atom. The van der Waals surface area contributed by atoms with Crippen molar-refractivity contribution in [2.75, 3.05) is 0 Å². The van der Waals surface area contributed by atoms with Crippen molar-refractivity contribution in [2.45, 2.75) is 12.3 Å². The van der Waals surface area contributed by atoms with E-state index in [2.05, 4.69) is 15.9 Å². The van der Waals surface area contributed by atoms with Gasteiger partial charge in [-0.15, -0.1) is 22.9 Å². The van der Waals surface area contributed by atoms with E-state index in [1.165, 1.54) is 11.3 Å². The van der Waals surface area contributed by atoms with Crippen LogP contribution < -0.4 is 0 Å². The molecule has 0 spiro atoms. The molecule has 0 saturated carbocycles. The van der Waals surface area contributed by atoms with Crippen LogP contribution in [-0.4, -0.2) is 0 Å². The van der Waals surface area contributed by atoms with Gasteiger partial charge in [-0.25, -0.2) is 0 Å². The molecule has 0 bridgehead atoms. The van der Waals surface area contributed by atoms with E-state index >= 15 is 0 Å².